The number of aliphatic carboxylic acids is 1. The first kappa shape index (κ1) is 17.6. The van der Waals surface area contributed by atoms with Crippen molar-refractivity contribution in [2.75, 3.05) is 0 Å². The second-order valence-electron chi connectivity index (χ2n) is 4.37. The van der Waals surface area contributed by atoms with Crippen LogP contribution < -0.4 is 5.32 Å². The van der Waals surface area contributed by atoms with E-state index in [1.165, 1.54) is 43.4 Å². The Morgan fingerprint density at radius 2 is 2.14 bits per heavy atom. The number of carboxylic acids is 1. The van der Waals surface area contributed by atoms with Gasteiger partial charge in [-0.1, -0.05) is 30.9 Å². The zero-order valence-electron chi connectivity index (χ0n) is 11.9. The molecule has 0 aromatic carbocycles. The van der Waals surface area contributed by atoms with Crippen LogP contribution in [0.3, 0.4) is 0 Å². The molecular weight excluding hydrogens is 295 g/mol. The number of allylic oxidation sites excluding steroid dienone is 8. The molecular formula is C16H16F3NO2. The van der Waals surface area contributed by atoms with Crippen molar-refractivity contribution in [2.45, 2.75) is 19.5 Å². The van der Waals surface area contributed by atoms with E-state index >= 15 is 0 Å². The number of hydrogen-bond acceptors (Lipinski definition) is 2. The first-order valence-electron chi connectivity index (χ1n) is 6.44. The van der Waals surface area contributed by atoms with Gasteiger partial charge in [0.1, 0.15) is 0 Å². The molecule has 3 nitrogen and oxygen atoms in total. The molecule has 0 aromatic rings. The van der Waals surface area contributed by atoms with Gasteiger partial charge in [-0.25, -0.2) is 4.79 Å². The van der Waals surface area contributed by atoms with Crippen LogP contribution >= 0.6 is 0 Å². The highest BCUT2D eigenvalue weighted by molar-refractivity contribution is 5.91. The average Bonchev–Trinajstić information content (AvgIpc) is 2.64. The second kappa shape index (κ2) is 7.49. The number of carboxylic acid groups (broad SMARTS) is 1. The summed E-state index contributed by atoms with van der Waals surface area (Å²) < 4.78 is 38.5. The van der Waals surface area contributed by atoms with Crippen molar-refractivity contribution in [3.8, 4) is 0 Å². The fourth-order valence-electron chi connectivity index (χ4n) is 1.80. The van der Waals surface area contributed by atoms with E-state index in [4.69, 9.17) is 5.11 Å². The monoisotopic (exact) mass is 311 g/mol. The fraction of sp³-hybridized carbons (Fsp3) is 0.188. The van der Waals surface area contributed by atoms with Crippen LogP contribution in [-0.4, -0.2) is 17.3 Å². The van der Waals surface area contributed by atoms with Crippen LogP contribution in [0.2, 0.25) is 0 Å². The maximum Gasteiger partial charge on any atom is 0.413 e. The quantitative estimate of drug-likeness (QED) is 0.596. The lowest BCUT2D eigenvalue weighted by Gasteiger charge is -2.14. The summed E-state index contributed by atoms with van der Waals surface area (Å²) in [5.41, 5.74) is -0.467. The molecule has 0 heterocycles. The predicted molar refractivity (Wildman–Crippen MR) is 78.8 cm³/mol. The van der Waals surface area contributed by atoms with E-state index in [1.807, 2.05) is 0 Å². The molecule has 2 N–H and O–H groups in total. The Balaban J connectivity index is 3.16. The molecule has 118 valence electrons. The van der Waals surface area contributed by atoms with E-state index in [9.17, 15) is 18.0 Å². The van der Waals surface area contributed by atoms with Crippen molar-refractivity contribution >= 4 is 5.97 Å². The average molecular weight is 311 g/mol. The van der Waals surface area contributed by atoms with E-state index in [0.29, 0.717) is 0 Å². The highest BCUT2D eigenvalue weighted by Crippen LogP contribution is 2.30. The van der Waals surface area contributed by atoms with Crippen molar-refractivity contribution < 1.29 is 23.1 Å². The number of alkyl halides is 3. The fourth-order valence-corrected chi connectivity index (χ4v) is 1.80. The molecule has 0 aromatic heterocycles. The molecule has 0 unspecified atom stereocenters. The van der Waals surface area contributed by atoms with E-state index in [-0.39, 0.29) is 23.4 Å². The van der Waals surface area contributed by atoms with Crippen LogP contribution in [0.15, 0.2) is 71.7 Å². The van der Waals surface area contributed by atoms with Gasteiger partial charge in [0.05, 0.1) is 11.3 Å². The van der Waals surface area contributed by atoms with Crippen molar-refractivity contribution in [1.82, 2.24) is 5.32 Å². The Morgan fingerprint density at radius 1 is 1.45 bits per heavy atom. The van der Waals surface area contributed by atoms with Crippen molar-refractivity contribution in [3.63, 3.8) is 0 Å². The minimum absolute atomic E-state index is 0.0593. The first-order chi connectivity index (χ1) is 10.3. The molecule has 1 rings (SSSR count). The molecule has 6 heteroatoms. The van der Waals surface area contributed by atoms with Crippen LogP contribution in [0.4, 0.5) is 13.2 Å². The zero-order valence-corrected chi connectivity index (χ0v) is 11.9. The number of hydrogen-bond donors (Lipinski definition) is 2. The number of nitrogens with one attached hydrogen (secondary N) is 1. The Bertz CT molecular complexity index is 605. The standard InChI is InChI=1S/C16H16F3NO2/c1-3-7-14(13(4-2)15(21)22)20-12-9-6-5-8-11(10-12)16(17,18)19/h3-7,9-10,20H,1,8H2,2H3,(H,21,22)/b13-4+,14-7+. The van der Waals surface area contributed by atoms with Gasteiger partial charge in [0, 0.05) is 11.3 Å². The molecule has 1 aliphatic carbocycles. The molecule has 0 aliphatic heterocycles. The van der Waals surface area contributed by atoms with Gasteiger partial charge >= 0.3 is 12.1 Å². The molecule has 0 amide bonds. The highest BCUT2D eigenvalue weighted by atomic mass is 19.4. The third-order valence-corrected chi connectivity index (χ3v) is 2.82. The summed E-state index contributed by atoms with van der Waals surface area (Å²) in [7, 11) is 0. The summed E-state index contributed by atoms with van der Waals surface area (Å²) >= 11 is 0. The van der Waals surface area contributed by atoms with Gasteiger partial charge < -0.3 is 10.4 Å². The Kier molecular flexibility index (Phi) is 5.98. The van der Waals surface area contributed by atoms with Crippen LogP contribution in [0.1, 0.15) is 13.3 Å². The van der Waals surface area contributed by atoms with E-state index in [2.05, 4.69) is 11.9 Å². The van der Waals surface area contributed by atoms with Gasteiger partial charge in [0.25, 0.3) is 0 Å². The van der Waals surface area contributed by atoms with Gasteiger partial charge in [0.2, 0.25) is 0 Å². The maximum atomic E-state index is 12.8. The summed E-state index contributed by atoms with van der Waals surface area (Å²) in [6, 6.07) is 0. The van der Waals surface area contributed by atoms with E-state index in [0.717, 1.165) is 6.08 Å². The zero-order chi connectivity index (χ0) is 16.8. The third kappa shape index (κ3) is 4.80. The molecule has 1 aliphatic rings. The minimum atomic E-state index is -4.44. The van der Waals surface area contributed by atoms with Crippen molar-refractivity contribution in [1.29, 1.82) is 0 Å². The summed E-state index contributed by atoms with van der Waals surface area (Å²) in [6.45, 7) is 5.01. The van der Waals surface area contributed by atoms with Gasteiger partial charge in [-0.2, -0.15) is 13.2 Å². The van der Waals surface area contributed by atoms with E-state index < -0.39 is 17.7 Å². The molecule has 0 fully saturated rings. The summed E-state index contributed by atoms with van der Waals surface area (Å²) in [4.78, 5) is 11.2. The predicted octanol–water partition coefficient (Wildman–Crippen LogP) is 4.01. The lowest BCUT2D eigenvalue weighted by molar-refractivity contribution is -0.132. The summed E-state index contributed by atoms with van der Waals surface area (Å²) in [5, 5.41) is 11.8. The molecule has 0 bridgehead atoms. The van der Waals surface area contributed by atoms with Gasteiger partial charge in [-0.3, -0.25) is 0 Å². The number of halogens is 3. The van der Waals surface area contributed by atoms with Gasteiger partial charge in [-0.15, -0.1) is 0 Å². The normalized spacial score (nSPS) is 16.5. The van der Waals surface area contributed by atoms with Crippen molar-refractivity contribution in [3.05, 3.63) is 71.7 Å². The van der Waals surface area contributed by atoms with Crippen LogP contribution in [0, 0.1) is 0 Å². The first-order valence-corrected chi connectivity index (χ1v) is 6.44. The number of rotatable bonds is 5. The Hall–Kier alpha value is -2.50. The van der Waals surface area contributed by atoms with Gasteiger partial charge in [-0.05, 0) is 31.6 Å². The Labute approximate surface area is 126 Å². The molecule has 0 saturated carbocycles. The minimum Gasteiger partial charge on any atom is -0.478 e. The molecule has 0 atom stereocenters. The molecule has 0 spiro atoms. The lowest BCUT2D eigenvalue weighted by Crippen LogP contribution is -2.19. The van der Waals surface area contributed by atoms with E-state index in [1.54, 1.807) is 0 Å². The largest absolute Gasteiger partial charge is 0.478 e. The van der Waals surface area contributed by atoms with Gasteiger partial charge in [0.15, 0.2) is 0 Å². The summed E-state index contributed by atoms with van der Waals surface area (Å²) in [6.07, 6.45) is 4.71. The van der Waals surface area contributed by atoms with Crippen LogP contribution in [0.5, 0.6) is 0 Å². The molecule has 0 radical (unpaired) electrons. The van der Waals surface area contributed by atoms with Crippen LogP contribution in [0.25, 0.3) is 0 Å². The molecule has 22 heavy (non-hydrogen) atoms. The SMILES string of the molecule is C=C/C=C(NC1=CC=CCC(C(F)(F)F)=C1)\C(=C/C)C(=O)O. The molecule has 0 saturated heterocycles. The topological polar surface area (TPSA) is 49.3 Å². The number of carbonyl (C=O) groups is 1. The second-order valence-corrected chi connectivity index (χ2v) is 4.37. The van der Waals surface area contributed by atoms with Crippen LogP contribution in [-0.2, 0) is 4.79 Å². The lowest BCUT2D eigenvalue weighted by atomic mass is 10.1. The Morgan fingerprint density at radius 3 is 2.64 bits per heavy atom. The highest BCUT2D eigenvalue weighted by Gasteiger charge is 2.33. The third-order valence-electron chi connectivity index (χ3n) is 2.82. The smallest absolute Gasteiger partial charge is 0.413 e. The summed E-state index contributed by atoms with van der Waals surface area (Å²) in [5.74, 6) is -1.19. The maximum absolute atomic E-state index is 12.8. The van der Waals surface area contributed by atoms with Crippen molar-refractivity contribution in [2.24, 2.45) is 0 Å².